The normalized spacial score (nSPS) is 12.4. The van der Waals surface area contributed by atoms with Gasteiger partial charge in [0.05, 0.1) is 33.9 Å². The van der Waals surface area contributed by atoms with Gasteiger partial charge in [0.15, 0.2) is 5.82 Å². The molecule has 0 saturated carbocycles. The fourth-order valence-corrected chi connectivity index (χ4v) is 5.01. The van der Waals surface area contributed by atoms with Crippen LogP contribution >= 0.6 is 11.6 Å². The predicted octanol–water partition coefficient (Wildman–Crippen LogP) is 7.88. The van der Waals surface area contributed by atoms with Gasteiger partial charge in [-0.25, -0.2) is 29.3 Å². The van der Waals surface area contributed by atoms with Crippen molar-refractivity contribution in [3.05, 3.63) is 81.5 Å². The Bertz CT molecular complexity index is 2050. The molecule has 0 aliphatic rings. The third kappa shape index (κ3) is 8.98. The zero-order valence-electron chi connectivity index (χ0n) is 30.1. The highest BCUT2D eigenvalue weighted by Crippen LogP contribution is 2.33. The Morgan fingerprint density at radius 3 is 1.90 bits per heavy atom. The standard InChI is InChI=1S/C36H40ClN7O7/c1-21(27-40-25-18-14-17-24(37)26(25)29(45)43(27)23-15-12-11-13-16-23)42(31(46)49-34(2,3)4)28-22(19-38)20-39-30(41-28)44(32(47)50-35(5,6)7)33(48)51-36(8,9)10/h11-18,20-21H,1-10H3. The van der Waals surface area contributed by atoms with E-state index in [0.29, 0.717) is 10.6 Å². The number of benzene rings is 2. The van der Waals surface area contributed by atoms with Gasteiger partial charge >= 0.3 is 18.3 Å². The van der Waals surface area contributed by atoms with Gasteiger partial charge in [0.25, 0.3) is 5.56 Å². The minimum atomic E-state index is -1.19. The molecular formula is C36H40ClN7O7. The molecule has 0 bridgehead atoms. The Morgan fingerprint density at radius 1 is 0.824 bits per heavy atom. The van der Waals surface area contributed by atoms with Crippen molar-refractivity contribution < 1.29 is 28.6 Å². The minimum Gasteiger partial charge on any atom is -0.443 e. The van der Waals surface area contributed by atoms with E-state index < -0.39 is 52.6 Å². The summed E-state index contributed by atoms with van der Waals surface area (Å²) in [6, 6.07) is 14.2. The van der Waals surface area contributed by atoms with E-state index >= 15 is 0 Å². The highest BCUT2D eigenvalue weighted by molar-refractivity contribution is 6.35. The molecule has 4 aromatic rings. The van der Waals surface area contributed by atoms with E-state index in [0.717, 1.165) is 11.1 Å². The van der Waals surface area contributed by atoms with Gasteiger partial charge < -0.3 is 14.2 Å². The Balaban J connectivity index is 2.04. The first-order valence-corrected chi connectivity index (χ1v) is 16.3. The lowest BCUT2D eigenvalue weighted by atomic mass is 10.1. The van der Waals surface area contributed by atoms with Gasteiger partial charge in [-0.05, 0) is 93.5 Å². The van der Waals surface area contributed by atoms with E-state index in [1.165, 1.54) is 4.57 Å². The first-order chi connectivity index (χ1) is 23.6. The number of nitrogens with zero attached hydrogens (tertiary/aromatic N) is 7. The lowest BCUT2D eigenvalue weighted by molar-refractivity contribution is 0.0426. The molecule has 2 heterocycles. The molecule has 14 nitrogen and oxygen atoms in total. The summed E-state index contributed by atoms with van der Waals surface area (Å²) >= 11 is 6.48. The molecule has 3 amide bonds. The Hall–Kier alpha value is -5.55. The summed E-state index contributed by atoms with van der Waals surface area (Å²) in [5, 5.41) is 10.6. The van der Waals surface area contributed by atoms with Crippen molar-refractivity contribution in [1.82, 2.24) is 19.5 Å². The molecule has 51 heavy (non-hydrogen) atoms. The van der Waals surface area contributed by atoms with Gasteiger partial charge in [-0.3, -0.25) is 9.36 Å². The van der Waals surface area contributed by atoms with Gasteiger partial charge in [0.2, 0.25) is 5.95 Å². The highest BCUT2D eigenvalue weighted by atomic mass is 35.5. The van der Waals surface area contributed by atoms with E-state index in [9.17, 15) is 24.4 Å². The number of imide groups is 1. The fraction of sp³-hybridized carbons (Fsp3) is 0.389. The van der Waals surface area contributed by atoms with Crippen LogP contribution < -0.4 is 15.4 Å². The van der Waals surface area contributed by atoms with Crippen LogP contribution in [0.2, 0.25) is 5.02 Å². The summed E-state index contributed by atoms with van der Waals surface area (Å²) in [4.78, 5) is 70.2. The smallest absolute Gasteiger partial charge is 0.427 e. The maximum Gasteiger partial charge on any atom is 0.427 e. The Kier molecular flexibility index (Phi) is 10.8. The van der Waals surface area contributed by atoms with Crippen LogP contribution in [0.4, 0.5) is 26.1 Å². The molecule has 2 aromatic heterocycles. The number of amides is 3. The zero-order valence-corrected chi connectivity index (χ0v) is 30.9. The summed E-state index contributed by atoms with van der Waals surface area (Å²) in [7, 11) is 0. The molecule has 2 aromatic carbocycles. The van der Waals surface area contributed by atoms with E-state index in [1.54, 1.807) is 118 Å². The van der Waals surface area contributed by atoms with E-state index in [1.807, 2.05) is 6.07 Å². The molecule has 1 atom stereocenters. The number of aromatic nitrogens is 4. The average Bonchev–Trinajstić information content (AvgIpc) is 2.99. The molecule has 1 unspecified atom stereocenters. The second kappa shape index (κ2) is 14.4. The number of para-hydroxylation sites is 1. The molecule has 0 N–H and O–H groups in total. The minimum absolute atomic E-state index is 0.0482. The number of hydrogen-bond acceptors (Lipinski definition) is 11. The second-order valence-electron chi connectivity index (χ2n) is 14.4. The van der Waals surface area contributed by atoms with Crippen LogP contribution in [0.1, 0.15) is 86.7 Å². The zero-order chi connectivity index (χ0) is 38.1. The topological polar surface area (TPSA) is 170 Å². The second-order valence-corrected chi connectivity index (χ2v) is 14.8. The van der Waals surface area contributed by atoms with Crippen LogP contribution in [0.25, 0.3) is 16.6 Å². The fourth-order valence-electron chi connectivity index (χ4n) is 4.76. The quantitative estimate of drug-likeness (QED) is 0.184. The van der Waals surface area contributed by atoms with Crippen LogP contribution in [0.3, 0.4) is 0 Å². The van der Waals surface area contributed by atoms with Crippen LogP contribution in [0.15, 0.2) is 59.5 Å². The predicted molar refractivity (Wildman–Crippen MR) is 191 cm³/mol. The lowest BCUT2D eigenvalue weighted by Gasteiger charge is -2.32. The largest absolute Gasteiger partial charge is 0.443 e. The number of nitriles is 1. The summed E-state index contributed by atoms with van der Waals surface area (Å²) in [5.74, 6) is -0.875. The number of halogens is 1. The molecule has 0 radical (unpaired) electrons. The van der Waals surface area contributed by atoms with Gasteiger partial charge in [0, 0.05) is 0 Å². The summed E-state index contributed by atoms with van der Waals surface area (Å²) in [6.45, 7) is 16.1. The lowest BCUT2D eigenvalue weighted by Crippen LogP contribution is -2.45. The average molecular weight is 718 g/mol. The van der Waals surface area contributed by atoms with Crippen LogP contribution in [0.5, 0.6) is 0 Å². The molecule has 15 heteroatoms. The van der Waals surface area contributed by atoms with Crippen molar-refractivity contribution >= 4 is 52.5 Å². The van der Waals surface area contributed by atoms with Gasteiger partial charge in [-0.1, -0.05) is 35.9 Å². The van der Waals surface area contributed by atoms with Crippen molar-refractivity contribution in [1.29, 1.82) is 5.26 Å². The number of carbonyl (C=O) groups is 3. The van der Waals surface area contributed by atoms with Crippen molar-refractivity contribution in [2.24, 2.45) is 0 Å². The third-order valence-corrected chi connectivity index (χ3v) is 7.01. The van der Waals surface area contributed by atoms with Crippen LogP contribution in [-0.4, -0.2) is 54.6 Å². The third-order valence-electron chi connectivity index (χ3n) is 6.69. The Morgan fingerprint density at radius 2 is 1.37 bits per heavy atom. The van der Waals surface area contributed by atoms with Crippen LogP contribution in [0, 0.1) is 11.3 Å². The number of anilines is 2. The van der Waals surface area contributed by atoms with Crippen molar-refractivity contribution in [2.45, 2.75) is 92.1 Å². The maximum absolute atomic E-state index is 14.2. The first-order valence-electron chi connectivity index (χ1n) is 15.9. The number of carbonyl (C=O) groups excluding carboxylic acids is 3. The first kappa shape index (κ1) is 38.3. The highest BCUT2D eigenvalue weighted by Gasteiger charge is 2.38. The van der Waals surface area contributed by atoms with Crippen molar-refractivity contribution in [2.75, 3.05) is 9.80 Å². The number of rotatable bonds is 5. The van der Waals surface area contributed by atoms with E-state index in [2.05, 4.69) is 9.97 Å². The van der Waals surface area contributed by atoms with Crippen LogP contribution in [-0.2, 0) is 14.2 Å². The van der Waals surface area contributed by atoms with Gasteiger partial charge in [-0.15, -0.1) is 4.90 Å². The van der Waals surface area contributed by atoms with Crippen molar-refractivity contribution in [3.63, 3.8) is 0 Å². The van der Waals surface area contributed by atoms with Gasteiger partial charge in [0.1, 0.15) is 34.3 Å². The molecule has 0 fully saturated rings. The van der Waals surface area contributed by atoms with Crippen molar-refractivity contribution in [3.8, 4) is 11.8 Å². The summed E-state index contributed by atoms with van der Waals surface area (Å²) < 4.78 is 18.1. The molecule has 0 saturated heterocycles. The SMILES string of the molecule is CC(c1nc2cccc(Cl)c2c(=O)n1-c1ccccc1)N(C(=O)OC(C)(C)C)c1nc(N(C(=O)OC(C)(C)C)C(=O)OC(C)(C)C)ncc1C#N. The van der Waals surface area contributed by atoms with E-state index in [4.69, 9.17) is 30.8 Å². The van der Waals surface area contributed by atoms with E-state index in [-0.39, 0.29) is 33.1 Å². The monoisotopic (exact) mass is 717 g/mol. The number of hydrogen-bond donors (Lipinski definition) is 0. The number of fused-ring (bicyclic) bond motifs is 1. The molecule has 0 aliphatic heterocycles. The summed E-state index contributed by atoms with van der Waals surface area (Å²) in [5.41, 5.74) is -3.23. The maximum atomic E-state index is 14.2. The number of ether oxygens (including phenoxy) is 3. The molecule has 4 rings (SSSR count). The van der Waals surface area contributed by atoms with Gasteiger partial charge in [-0.2, -0.15) is 10.2 Å². The molecule has 0 spiro atoms. The summed E-state index contributed by atoms with van der Waals surface area (Å²) in [6.07, 6.45) is -2.29. The molecular weight excluding hydrogens is 678 g/mol. The molecule has 0 aliphatic carbocycles. The Labute approximate surface area is 300 Å². The molecule has 268 valence electrons.